The van der Waals surface area contributed by atoms with Gasteiger partial charge in [-0.2, -0.15) is 0 Å². The third-order valence-corrected chi connectivity index (χ3v) is 6.61. The van der Waals surface area contributed by atoms with Crippen LogP contribution in [0.1, 0.15) is 78.0 Å². The first-order valence-electron chi connectivity index (χ1n) is 12.3. The summed E-state index contributed by atoms with van der Waals surface area (Å²) in [7, 11) is 9.87. The Balaban J connectivity index is 0.00000108. The van der Waals surface area contributed by atoms with Crippen LogP contribution in [0.4, 0.5) is 0 Å². The van der Waals surface area contributed by atoms with Crippen LogP contribution in [0.2, 0.25) is 0 Å². The number of hydrogen-bond donors (Lipinski definition) is 0. The summed E-state index contributed by atoms with van der Waals surface area (Å²) in [6.07, 6.45) is 0. The third kappa shape index (κ3) is 6.74. The van der Waals surface area contributed by atoms with E-state index in [-0.39, 0.29) is 10.8 Å². The first-order chi connectivity index (χ1) is 16.4. The predicted octanol–water partition coefficient (Wildman–Crippen LogP) is 11.0. The molecule has 4 rings (SSSR count). The number of fused-ring (bicyclic) bond motifs is 1. The van der Waals surface area contributed by atoms with Crippen LogP contribution in [0.5, 0.6) is 0 Å². The second kappa shape index (κ2) is 11.4. The van der Waals surface area contributed by atoms with E-state index in [1.54, 1.807) is 0 Å². The quantitative estimate of drug-likeness (QED) is 0.211. The zero-order valence-electron chi connectivity index (χ0n) is 22.3. The summed E-state index contributed by atoms with van der Waals surface area (Å²) in [6, 6.07) is 27.4. The van der Waals surface area contributed by atoms with Crippen molar-refractivity contribution >= 4 is 27.8 Å². The topological polar surface area (TPSA) is 0 Å². The Hall–Kier alpha value is -1.27. The van der Waals surface area contributed by atoms with Gasteiger partial charge in [-0.1, -0.05) is 121 Å². The van der Waals surface area contributed by atoms with Gasteiger partial charge in [-0.05, 0) is 39.0 Å². The van der Waals surface area contributed by atoms with Crippen LogP contribution in [-0.2, 0) is 31.7 Å². The standard InChI is InChI=1S/C32H37.2ClH.Zr/c1-21(2)28-15-14-23-16-24(22-12-10-9-11-13-22)19-29(23)30(28)25-17-26(31(3,4)5)20-27(18-25)32(6,7)8;;;/h9-21H,1-8H3;2*1H;/q-1;;;+2/p-2. The van der Waals surface area contributed by atoms with E-state index < -0.39 is 20.8 Å². The van der Waals surface area contributed by atoms with E-state index in [2.05, 4.69) is 128 Å². The van der Waals surface area contributed by atoms with Crippen molar-refractivity contribution in [2.24, 2.45) is 0 Å². The summed E-state index contributed by atoms with van der Waals surface area (Å²) in [5, 5.41) is 2.68. The Morgan fingerprint density at radius 1 is 0.714 bits per heavy atom. The van der Waals surface area contributed by atoms with Gasteiger partial charge < -0.3 is 0 Å². The minimum atomic E-state index is -0.826. The SMILES string of the molecule is CC(C)c1ccc2[cH-]c(-c3ccccc3)cc2c1-c1cc(C(C)(C)C)cc(C(C)(C)C)c1.[Cl][Zr][Cl]. The Kier molecular flexibility index (Phi) is 9.23. The van der Waals surface area contributed by atoms with Crippen molar-refractivity contribution in [3.8, 4) is 22.3 Å². The van der Waals surface area contributed by atoms with Gasteiger partial charge in [-0.3, -0.25) is 0 Å². The molecule has 4 aromatic carbocycles. The Bertz CT molecular complexity index is 1240. The number of rotatable bonds is 3. The van der Waals surface area contributed by atoms with Crippen LogP contribution in [0.3, 0.4) is 0 Å². The van der Waals surface area contributed by atoms with Crippen molar-refractivity contribution in [1.82, 2.24) is 0 Å². The second-order valence-electron chi connectivity index (χ2n) is 11.7. The molecular weight excluding hydrogens is 546 g/mol. The van der Waals surface area contributed by atoms with Gasteiger partial charge in [0.1, 0.15) is 0 Å². The minimum absolute atomic E-state index is 0.100. The normalized spacial score (nSPS) is 12.0. The molecule has 0 aromatic heterocycles. The van der Waals surface area contributed by atoms with E-state index in [1.807, 2.05) is 0 Å². The predicted molar refractivity (Wildman–Crippen MR) is 154 cm³/mol. The van der Waals surface area contributed by atoms with Crippen LogP contribution in [0.25, 0.3) is 33.0 Å². The van der Waals surface area contributed by atoms with Gasteiger partial charge in [0.05, 0.1) is 0 Å². The van der Waals surface area contributed by atoms with E-state index >= 15 is 0 Å². The van der Waals surface area contributed by atoms with Crippen LogP contribution < -0.4 is 0 Å². The zero-order chi connectivity index (χ0) is 26.0. The van der Waals surface area contributed by atoms with Gasteiger partial charge in [-0.15, -0.1) is 34.5 Å². The molecule has 0 unspecified atom stereocenters. The van der Waals surface area contributed by atoms with Gasteiger partial charge >= 0.3 is 37.9 Å². The second-order valence-corrected chi connectivity index (χ2v) is 15.4. The monoisotopic (exact) mass is 581 g/mol. The van der Waals surface area contributed by atoms with Crippen molar-refractivity contribution in [3.63, 3.8) is 0 Å². The van der Waals surface area contributed by atoms with Crippen LogP contribution in [0.15, 0.2) is 72.8 Å². The maximum absolute atomic E-state index is 4.93. The van der Waals surface area contributed by atoms with Crippen molar-refractivity contribution < 1.29 is 20.8 Å². The fraction of sp³-hybridized carbons (Fsp3) is 0.344. The molecule has 184 valence electrons. The molecule has 3 heteroatoms. The molecule has 4 aromatic rings. The van der Waals surface area contributed by atoms with Crippen molar-refractivity contribution in [3.05, 3.63) is 89.5 Å². The summed E-state index contributed by atoms with van der Waals surface area (Å²) in [6.45, 7) is 18.5. The fourth-order valence-corrected chi connectivity index (χ4v) is 4.54. The molecule has 0 aliphatic carbocycles. The van der Waals surface area contributed by atoms with Gasteiger partial charge in [0, 0.05) is 0 Å². The molecule has 0 radical (unpaired) electrons. The van der Waals surface area contributed by atoms with E-state index in [4.69, 9.17) is 17.0 Å². The van der Waals surface area contributed by atoms with Crippen molar-refractivity contribution in [2.45, 2.75) is 72.1 Å². The van der Waals surface area contributed by atoms with Crippen LogP contribution in [-0.4, -0.2) is 0 Å². The average molecular weight is 584 g/mol. The fourth-order valence-electron chi connectivity index (χ4n) is 4.54. The molecule has 0 nitrogen and oxygen atoms in total. The zero-order valence-corrected chi connectivity index (χ0v) is 26.2. The molecule has 0 aliphatic heterocycles. The summed E-state index contributed by atoms with van der Waals surface area (Å²) in [5.74, 6) is 0.459. The Morgan fingerprint density at radius 3 is 1.74 bits per heavy atom. The molecule has 0 bridgehead atoms. The van der Waals surface area contributed by atoms with Gasteiger partial charge in [0.25, 0.3) is 0 Å². The van der Waals surface area contributed by atoms with E-state index in [0.717, 1.165) is 0 Å². The molecule has 0 spiro atoms. The van der Waals surface area contributed by atoms with Gasteiger partial charge in [-0.25, -0.2) is 0 Å². The number of hydrogen-bond acceptors (Lipinski definition) is 0. The average Bonchev–Trinajstić information content (AvgIpc) is 3.22. The first-order valence-corrected chi connectivity index (χ1v) is 18.6. The molecule has 0 atom stereocenters. The number of halogens is 2. The summed E-state index contributed by atoms with van der Waals surface area (Å²) < 4.78 is 0. The molecule has 0 amide bonds. The molecule has 0 N–H and O–H groups in total. The first kappa shape index (κ1) is 28.3. The molecular formula is C32H37Cl2Zr-. The Labute approximate surface area is 231 Å². The molecule has 0 saturated heterocycles. The van der Waals surface area contributed by atoms with Crippen molar-refractivity contribution in [1.29, 1.82) is 0 Å². The van der Waals surface area contributed by atoms with Gasteiger partial charge in [0.15, 0.2) is 0 Å². The summed E-state index contributed by atoms with van der Waals surface area (Å²) in [4.78, 5) is 0. The van der Waals surface area contributed by atoms with Crippen molar-refractivity contribution in [2.75, 3.05) is 0 Å². The number of benzene rings is 3. The molecule has 0 fully saturated rings. The van der Waals surface area contributed by atoms with E-state index in [9.17, 15) is 0 Å². The van der Waals surface area contributed by atoms with E-state index in [1.165, 1.54) is 49.7 Å². The molecule has 0 aliphatic rings. The van der Waals surface area contributed by atoms with Crippen LogP contribution in [0, 0.1) is 0 Å². The van der Waals surface area contributed by atoms with Gasteiger partial charge in [0.2, 0.25) is 0 Å². The maximum atomic E-state index is 4.93. The summed E-state index contributed by atoms with van der Waals surface area (Å²) >= 11 is -0.826. The van der Waals surface area contributed by atoms with Crippen LogP contribution >= 0.6 is 17.0 Å². The van der Waals surface area contributed by atoms with E-state index in [0.29, 0.717) is 5.92 Å². The summed E-state index contributed by atoms with van der Waals surface area (Å²) in [5.41, 5.74) is 9.76. The molecule has 0 saturated carbocycles. The molecule has 0 heterocycles. The molecule has 35 heavy (non-hydrogen) atoms. The third-order valence-electron chi connectivity index (χ3n) is 6.61. The Morgan fingerprint density at radius 2 is 1.26 bits per heavy atom.